The van der Waals surface area contributed by atoms with Gasteiger partial charge in [0.1, 0.15) is 5.82 Å². The molecule has 2 N–H and O–H groups in total. The molecule has 0 saturated carbocycles. The summed E-state index contributed by atoms with van der Waals surface area (Å²) in [4.78, 5) is 0. The molecule has 1 rings (SSSR count). The monoisotopic (exact) mass is 175 g/mol. The molecule has 0 aliphatic carbocycles. The van der Waals surface area contributed by atoms with E-state index in [9.17, 15) is 13.2 Å². The summed E-state index contributed by atoms with van der Waals surface area (Å²) in [6.07, 6.45) is -2.73. The molecule has 0 radical (unpaired) electrons. The average molecular weight is 175 g/mol. The molecule has 0 fully saturated rings. The van der Waals surface area contributed by atoms with Crippen LogP contribution in [-0.2, 0) is 0 Å². The second-order valence-corrected chi connectivity index (χ2v) is 2.38. The quantitative estimate of drug-likeness (QED) is 0.731. The third-order valence-electron chi connectivity index (χ3n) is 1.54. The standard InChI is InChI=1S/C8H8F3N/c9-6-4-2-1-3-5(6)7(12)8(10)11/h1-4,7-8H,12H2/t7-/m0/s1. The molecule has 0 bridgehead atoms. The molecule has 0 amide bonds. The van der Waals surface area contributed by atoms with Crippen LogP contribution < -0.4 is 5.73 Å². The minimum Gasteiger partial charge on any atom is -0.319 e. The third-order valence-corrected chi connectivity index (χ3v) is 1.54. The highest BCUT2D eigenvalue weighted by Gasteiger charge is 2.19. The molecule has 1 atom stereocenters. The zero-order chi connectivity index (χ0) is 9.14. The van der Waals surface area contributed by atoms with E-state index in [1.54, 1.807) is 0 Å². The summed E-state index contributed by atoms with van der Waals surface area (Å²) in [5.74, 6) is -0.690. The SMILES string of the molecule is N[C@@H](c1ccccc1F)C(F)F. The molecular weight excluding hydrogens is 167 g/mol. The van der Waals surface area contributed by atoms with Crippen molar-refractivity contribution in [2.24, 2.45) is 5.73 Å². The van der Waals surface area contributed by atoms with Gasteiger partial charge in [-0.3, -0.25) is 0 Å². The first kappa shape index (κ1) is 9.06. The fraction of sp³-hybridized carbons (Fsp3) is 0.250. The van der Waals surface area contributed by atoms with Gasteiger partial charge in [0.05, 0.1) is 6.04 Å². The van der Waals surface area contributed by atoms with E-state index in [0.29, 0.717) is 0 Å². The molecule has 0 spiro atoms. The number of nitrogens with two attached hydrogens (primary N) is 1. The van der Waals surface area contributed by atoms with Crippen LogP contribution in [0.5, 0.6) is 0 Å². The first-order valence-corrected chi connectivity index (χ1v) is 3.41. The molecule has 1 aromatic rings. The van der Waals surface area contributed by atoms with Gasteiger partial charge in [0.25, 0.3) is 6.43 Å². The second kappa shape index (κ2) is 3.58. The minimum absolute atomic E-state index is 0.146. The highest BCUT2D eigenvalue weighted by Crippen LogP contribution is 2.19. The first-order valence-electron chi connectivity index (χ1n) is 3.41. The van der Waals surface area contributed by atoms with Gasteiger partial charge in [-0.15, -0.1) is 0 Å². The summed E-state index contributed by atoms with van der Waals surface area (Å²) >= 11 is 0. The van der Waals surface area contributed by atoms with Gasteiger partial charge in [-0.25, -0.2) is 13.2 Å². The van der Waals surface area contributed by atoms with Crippen LogP contribution in [0, 0.1) is 5.82 Å². The van der Waals surface area contributed by atoms with Crippen molar-refractivity contribution in [2.45, 2.75) is 12.5 Å². The van der Waals surface area contributed by atoms with Gasteiger partial charge in [-0.05, 0) is 6.07 Å². The van der Waals surface area contributed by atoms with Gasteiger partial charge in [0.15, 0.2) is 0 Å². The van der Waals surface area contributed by atoms with Crippen molar-refractivity contribution >= 4 is 0 Å². The van der Waals surface area contributed by atoms with Crippen molar-refractivity contribution < 1.29 is 13.2 Å². The fourth-order valence-electron chi connectivity index (χ4n) is 0.881. The maximum atomic E-state index is 12.8. The summed E-state index contributed by atoms with van der Waals surface area (Å²) in [7, 11) is 0. The number of hydrogen-bond donors (Lipinski definition) is 1. The van der Waals surface area contributed by atoms with Gasteiger partial charge < -0.3 is 5.73 Å². The Labute approximate surface area is 68.0 Å². The molecule has 0 aliphatic rings. The Morgan fingerprint density at radius 3 is 2.25 bits per heavy atom. The number of hydrogen-bond acceptors (Lipinski definition) is 1. The molecule has 12 heavy (non-hydrogen) atoms. The van der Waals surface area contributed by atoms with E-state index >= 15 is 0 Å². The van der Waals surface area contributed by atoms with Gasteiger partial charge in [-0.2, -0.15) is 0 Å². The van der Waals surface area contributed by atoms with E-state index in [2.05, 4.69) is 0 Å². The summed E-state index contributed by atoms with van der Waals surface area (Å²) in [5.41, 5.74) is 4.90. The first-order chi connectivity index (χ1) is 5.63. The summed E-state index contributed by atoms with van der Waals surface area (Å²) in [5, 5.41) is 0. The molecule has 0 aliphatic heterocycles. The third kappa shape index (κ3) is 1.76. The lowest BCUT2D eigenvalue weighted by Gasteiger charge is -2.10. The van der Waals surface area contributed by atoms with Crippen molar-refractivity contribution in [3.8, 4) is 0 Å². The molecule has 4 heteroatoms. The summed E-state index contributed by atoms with van der Waals surface area (Å²) in [6.45, 7) is 0. The van der Waals surface area contributed by atoms with Crippen LogP contribution in [-0.4, -0.2) is 6.43 Å². The van der Waals surface area contributed by atoms with Crippen LogP contribution in [0.3, 0.4) is 0 Å². The van der Waals surface area contributed by atoms with Crippen LogP contribution >= 0.6 is 0 Å². The number of rotatable bonds is 2. The average Bonchev–Trinajstić information content (AvgIpc) is 2.04. The molecule has 1 nitrogen and oxygen atoms in total. The van der Waals surface area contributed by atoms with E-state index < -0.39 is 18.3 Å². The summed E-state index contributed by atoms with van der Waals surface area (Å²) < 4.78 is 36.8. The normalized spacial score (nSPS) is 13.4. The maximum absolute atomic E-state index is 12.8. The zero-order valence-corrected chi connectivity index (χ0v) is 6.18. The van der Waals surface area contributed by atoms with Crippen molar-refractivity contribution in [3.05, 3.63) is 35.6 Å². The largest absolute Gasteiger partial charge is 0.319 e. The van der Waals surface area contributed by atoms with E-state index in [1.807, 2.05) is 0 Å². The Morgan fingerprint density at radius 1 is 1.17 bits per heavy atom. The topological polar surface area (TPSA) is 26.0 Å². The smallest absolute Gasteiger partial charge is 0.257 e. The highest BCUT2D eigenvalue weighted by molar-refractivity contribution is 5.21. The van der Waals surface area contributed by atoms with Gasteiger partial charge in [0, 0.05) is 5.56 Å². The lowest BCUT2D eigenvalue weighted by atomic mass is 10.1. The minimum atomic E-state index is -2.73. The van der Waals surface area contributed by atoms with Crippen LogP contribution in [0.15, 0.2) is 24.3 Å². The van der Waals surface area contributed by atoms with Crippen molar-refractivity contribution in [3.63, 3.8) is 0 Å². The predicted molar refractivity (Wildman–Crippen MR) is 39.3 cm³/mol. The Kier molecular flexibility index (Phi) is 2.70. The van der Waals surface area contributed by atoms with Gasteiger partial charge >= 0.3 is 0 Å². The number of halogens is 3. The van der Waals surface area contributed by atoms with Gasteiger partial charge in [-0.1, -0.05) is 18.2 Å². The molecule has 66 valence electrons. The molecule has 0 unspecified atom stereocenters. The number of alkyl halides is 2. The molecule has 1 aromatic carbocycles. The van der Waals surface area contributed by atoms with E-state index in [1.165, 1.54) is 18.2 Å². The zero-order valence-electron chi connectivity index (χ0n) is 6.18. The maximum Gasteiger partial charge on any atom is 0.257 e. The molecule has 0 aromatic heterocycles. The predicted octanol–water partition coefficient (Wildman–Crippen LogP) is 2.09. The second-order valence-electron chi connectivity index (χ2n) is 2.38. The summed E-state index contributed by atoms with van der Waals surface area (Å²) in [6, 6.07) is 3.73. The lowest BCUT2D eigenvalue weighted by Crippen LogP contribution is -2.20. The van der Waals surface area contributed by atoms with Crippen molar-refractivity contribution in [1.29, 1.82) is 0 Å². The Balaban J connectivity index is 2.94. The van der Waals surface area contributed by atoms with E-state index in [0.717, 1.165) is 6.07 Å². The van der Waals surface area contributed by atoms with Crippen molar-refractivity contribution in [2.75, 3.05) is 0 Å². The van der Waals surface area contributed by atoms with Crippen LogP contribution in [0.2, 0.25) is 0 Å². The Hall–Kier alpha value is -1.03. The van der Waals surface area contributed by atoms with E-state index in [4.69, 9.17) is 5.73 Å². The van der Waals surface area contributed by atoms with Gasteiger partial charge in [0.2, 0.25) is 0 Å². The number of benzene rings is 1. The fourth-order valence-corrected chi connectivity index (χ4v) is 0.881. The van der Waals surface area contributed by atoms with Crippen molar-refractivity contribution in [1.82, 2.24) is 0 Å². The molecule has 0 heterocycles. The van der Waals surface area contributed by atoms with Crippen LogP contribution in [0.25, 0.3) is 0 Å². The van der Waals surface area contributed by atoms with E-state index in [-0.39, 0.29) is 5.56 Å². The van der Waals surface area contributed by atoms with Crippen LogP contribution in [0.1, 0.15) is 11.6 Å². The molecular formula is C8H8F3N. The molecule has 0 saturated heterocycles. The Bertz CT molecular complexity index is 262. The lowest BCUT2D eigenvalue weighted by molar-refractivity contribution is 0.115. The van der Waals surface area contributed by atoms with Crippen LogP contribution in [0.4, 0.5) is 13.2 Å². The Morgan fingerprint density at radius 2 is 1.75 bits per heavy atom. The highest BCUT2D eigenvalue weighted by atomic mass is 19.3.